The molecule has 0 amide bonds. The maximum Gasteiger partial charge on any atom is 0.318 e. The van der Waals surface area contributed by atoms with Crippen LogP contribution in [0.25, 0.3) is 0 Å². The second-order valence-corrected chi connectivity index (χ2v) is 8.34. The standard InChI is InChI=1S/C22H26FNO2/c1-21(2,3)26-20(25)22(4)14-24(5)19-13-16(8-11-18(19)22)12-15-6-9-17(23)10-7-15/h6-11,13H,12,14H2,1-5H3. The Labute approximate surface area is 154 Å². The molecule has 1 atom stereocenters. The molecule has 0 N–H and O–H groups in total. The van der Waals surface area contributed by atoms with Gasteiger partial charge in [-0.2, -0.15) is 0 Å². The fourth-order valence-electron chi connectivity index (χ4n) is 3.52. The number of benzene rings is 2. The van der Waals surface area contributed by atoms with Crippen LogP contribution in [0.4, 0.5) is 10.1 Å². The van der Waals surface area contributed by atoms with Gasteiger partial charge in [-0.25, -0.2) is 4.39 Å². The lowest BCUT2D eigenvalue weighted by molar-refractivity contribution is -0.160. The van der Waals surface area contributed by atoms with E-state index in [1.54, 1.807) is 12.1 Å². The van der Waals surface area contributed by atoms with Crippen molar-refractivity contribution < 1.29 is 13.9 Å². The molecule has 3 nitrogen and oxygen atoms in total. The predicted octanol–water partition coefficient (Wildman–Crippen LogP) is 4.47. The third kappa shape index (κ3) is 3.59. The van der Waals surface area contributed by atoms with Gasteiger partial charge in [0, 0.05) is 19.3 Å². The molecule has 0 spiro atoms. The van der Waals surface area contributed by atoms with Gasteiger partial charge >= 0.3 is 5.97 Å². The lowest BCUT2D eigenvalue weighted by Gasteiger charge is -2.28. The Morgan fingerprint density at radius 3 is 2.38 bits per heavy atom. The quantitative estimate of drug-likeness (QED) is 0.761. The smallest absolute Gasteiger partial charge is 0.318 e. The van der Waals surface area contributed by atoms with Crippen molar-refractivity contribution in [1.82, 2.24) is 0 Å². The summed E-state index contributed by atoms with van der Waals surface area (Å²) in [5.41, 5.74) is 3.06. The Morgan fingerprint density at radius 2 is 1.77 bits per heavy atom. The summed E-state index contributed by atoms with van der Waals surface area (Å²) in [6, 6.07) is 12.8. The highest BCUT2D eigenvalue weighted by atomic mass is 19.1. The Morgan fingerprint density at radius 1 is 1.15 bits per heavy atom. The van der Waals surface area contributed by atoms with E-state index < -0.39 is 11.0 Å². The van der Waals surface area contributed by atoms with Crippen LogP contribution in [0.3, 0.4) is 0 Å². The van der Waals surface area contributed by atoms with Crippen LogP contribution in [0.15, 0.2) is 42.5 Å². The Hall–Kier alpha value is -2.36. The van der Waals surface area contributed by atoms with Crippen LogP contribution in [0.5, 0.6) is 0 Å². The molecule has 1 unspecified atom stereocenters. The Balaban J connectivity index is 1.88. The maximum absolute atomic E-state index is 13.1. The summed E-state index contributed by atoms with van der Waals surface area (Å²) in [7, 11) is 2.00. The molecule has 3 rings (SSSR count). The minimum absolute atomic E-state index is 0.193. The van der Waals surface area contributed by atoms with Crippen molar-refractivity contribution in [2.45, 2.75) is 45.1 Å². The van der Waals surface area contributed by atoms with Crippen molar-refractivity contribution in [2.24, 2.45) is 0 Å². The van der Waals surface area contributed by atoms with Crippen LogP contribution in [0, 0.1) is 5.82 Å². The topological polar surface area (TPSA) is 29.5 Å². The van der Waals surface area contributed by atoms with E-state index in [0.717, 1.165) is 28.8 Å². The number of carbonyl (C=O) groups excluding carboxylic acids is 1. The lowest BCUT2D eigenvalue weighted by atomic mass is 9.83. The predicted molar refractivity (Wildman–Crippen MR) is 102 cm³/mol. The first-order chi connectivity index (χ1) is 12.1. The van der Waals surface area contributed by atoms with Gasteiger partial charge in [0.25, 0.3) is 0 Å². The van der Waals surface area contributed by atoms with Gasteiger partial charge in [-0.1, -0.05) is 24.3 Å². The highest BCUT2D eigenvalue weighted by Gasteiger charge is 2.46. The highest BCUT2D eigenvalue weighted by Crippen LogP contribution is 2.42. The number of esters is 1. The van der Waals surface area contributed by atoms with E-state index >= 15 is 0 Å². The van der Waals surface area contributed by atoms with Crippen molar-refractivity contribution in [3.8, 4) is 0 Å². The molecule has 0 bridgehead atoms. The number of rotatable bonds is 3. The maximum atomic E-state index is 13.1. The summed E-state index contributed by atoms with van der Waals surface area (Å²) in [6.45, 7) is 8.21. The molecule has 0 saturated heterocycles. The summed E-state index contributed by atoms with van der Waals surface area (Å²) >= 11 is 0. The number of nitrogens with zero attached hydrogens (tertiary/aromatic N) is 1. The van der Waals surface area contributed by atoms with Gasteiger partial charge in [0.15, 0.2) is 0 Å². The number of ether oxygens (including phenoxy) is 1. The van der Waals surface area contributed by atoms with Crippen molar-refractivity contribution in [3.63, 3.8) is 0 Å². The second kappa shape index (κ2) is 6.42. The summed E-state index contributed by atoms with van der Waals surface area (Å²) in [5.74, 6) is -0.419. The van der Waals surface area contributed by atoms with Gasteiger partial charge in [0.05, 0.1) is 0 Å². The average Bonchev–Trinajstić information content (AvgIpc) is 2.80. The zero-order valence-corrected chi connectivity index (χ0v) is 16.1. The third-order valence-electron chi connectivity index (χ3n) is 4.79. The van der Waals surface area contributed by atoms with E-state index in [1.165, 1.54) is 12.1 Å². The van der Waals surface area contributed by atoms with Gasteiger partial charge in [-0.3, -0.25) is 4.79 Å². The largest absolute Gasteiger partial charge is 0.459 e. The molecular weight excluding hydrogens is 329 g/mol. The molecule has 138 valence electrons. The second-order valence-electron chi connectivity index (χ2n) is 8.34. The van der Waals surface area contributed by atoms with Crippen LogP contribution in [0.1, 0.15) is 44.4 Å². The van der Waals surface area contributed by atoms with Gasteiger partial charge in [0.1, 0.15) is 16.8 Å². The number of carbonyl (C=O) groups is 1. The van der Waals surface area contributed by atoms with Crippen LogP contribution in [0.2, 0.25) is 0 Å². The van der Waals surface area contributed by atoms with Crippen LogP contribution >= 0.6 is 0 Å². The monoisotopic (exact) mass is 355 g/mol. The Kier molecular flexibility index (Phi) is 4.55. The van der Waals surface area contributed by atoms with Crippen LogP contribution in [-0.2, 0) is 21.4 Å². The van der Waals surface area contributed by atoms with Crippen LogP contribution in [-0.4, -0.2) is 25.2 Å². The molecule has 2 aromatic carbocycles. The minimum Gasteiger partial charge on any atom is -0.459 e. The van der Waals surface area contributed by atoms with Gasteiger partial charge in [0.2, 0.25) is 0 Å². The number of hydrogen-bond acceptors (Lipinski definition) is 3. The number of fused-ring (bicyclic) bond motifs is 1. The molecule has 0 radical (unpaired) electrons. The number of halogens is 1. The lowest BCUT2D eigenvalue weighted by Crippen LogP contribution is -2.41. The van der Waals surface area contributed by atoms with Crippen molar-refractivity contribution in [1.29, 1.82) is 0 Å². The van der Waals surface area contributed by atoms with E-state index in [2.05, 4.69) is 11.0 Å². The first-order valence-electron chi connectivity index (χ1n) is 8.91. The van der Waals surface area contributed by atoms with Gasteiger partial charge in [-0.05, 0) is 69.0 Å². The molecule has 0 fully saturated rings. The number of likely N-dealkylation sites (N-methyl/N-ethyl adjacent to an activating group) is 1. The van der Waals surface area contributed by atoms with Crippen molar-refractivity contribution in [3.05, 3.63) is 65.0 Å². The molecule has 26 heavy (non-hydrogen) atoms. The molecule has 0 aliphatic carbocycles. The molecule has 4 heteroatoms. The first kappa shape index (κ1) is 18.4. The first-order valence-corrected chi connectivity index (χ1v) is 8.91. The molecule has 0 saturated carbocycles. The fourth-order valence-corrected chi connectivity index (χ4v) is 3.52. The molecule has 1 heterocycles. The van der Waals surface area contributed by atoms with Crippen LogP contribution < -0.4 is 4.90 Å². The Bertz CT molecular complexity index is 823. The molecular formula is C22H26FNO2. The number of hydrogen-bond donors (Lipinski definition) is 0. The van der Waals surface area contributed by atoms with Gasteiger partial charge < -0.3 is 9.64 Å². The molecule has 1 aliphatic heterocycles. The van der Waals surface area contributed by atoms with Crippen molar-refractivity contribution >= 4 is 11.7 Å². The summed E-state index contributed by atoms with van der Waals surface area (Å²) in [6.07, 6.45) is 0.727. The zero-order valence-electron chi connectivity index (χ0n) is 16.1. The fraction of sp³-hybridized carbons (Fsp3) is 0.409. The highest BCUT2D eigenvalue weighted by molar-refractivity contribution is 5.89. The molecule has 0 aromatic heterocycles. The SMILES string of the molecule is CN1CC(C)(C(=O)OC(C)(C)C)c2ccc(Cc3ccc(F)cc3)cc21. The minimum atomic E-state index is -0.675. The normalized spacial score (nSPS) is 19.4. The third-order valence-corrected chi connectivity index (χ3v) is 4.79. The van der Waals surface area contributed by atoms with E-state index in [-0.39, 0.29) is 11.8 Å². The van der Waals surface area contributed by atoms with E-state index in [0.29, 0.717) is 6.54 Å². The van der Waals surface area contributed by atoms with Crippen molar-refractivity contribution in [2.75, 3.05) is 18.5 Å². The van der Waals surface area contributed by atoms with Gasteiger partial charge in [-0.15, -0.1) is 0 Å². The van der Waals surface area contributed by atoms with E-state index in [9.17, 15) is 9.18 Å². The zero-order chi connectivity index (χ0) is 19.1. The number of anilines is 1. The molecule has 2 aromatic rings. The summed E-state index contributed by atoms with van der Waals surface area (Å²) in [4.78, 5) is 14.9. The van der Waals surface area contributed by atoms with E-state index in [4.69, 9.17) is 4.74 Å². The van der Waals surface area contributed by atoms with E-state index in [1.807, 2.05) is 46.9 Å². The summed E-state index contributed by atoms with van der Waals surface area (Å²) in [5, 5.41) is 0. The average molecular weight is 355 g/mol. The molecule has 1 aliphatic rings. The summed E-state index contributed by atoms with van der Waals surface area (Å²) < 4.78 is 18.8.